The van der Waals surface area contributed by atoms with Crippen LogP contribution in [-0.4, -0.2) is 29.1 Å². The fraction of sp³-hybridized carbons (Fsp3) is 0.889. The molecule has 0 amide bonds. The van der Waals surface area contributed by atoms with Crippen molar-refractivity contribution in [2.75, 3.05) is 6.54 Å². The van der Waals surface area contributed by atoms with Gasteiger partial charge in [-0.25, -0.2) is 0 Å². The maximum Gasteiger partial charge on any atom is 0.113 e. The molecule has 0 radical (unpaired) electrons. The number of hydrogen-bond donors (Lipinski definition) is 0. The first kappa shape index (κ1) is 15.9. The van der Waals surface area contributed by atoms with E-state index in [4.69, 9.17) is 4.74 Å². The lowest BCUT2D eigenvalue weighted by molar-refractivity contribution is 0.0664. The molecule has 0 aromatic carbocycles. The summed E-state index contributed by atoms with van der Waals surface area (Å²) < 4.78 is 6.44. The highest BCUT2D eigenvalue weighted by molar-refractivity contribution is 5.31. The molecule has 2 rings (SSSR count). The van der Waals surface area contributed by atoms with Crippen molar-refractivity contribution < 1.29 is 4.74 Å². The molecule has 0 aromatic rings. The Morgan fingerprint density at radius 2 is 1.45 bits per heavy atom. The van der Waals surface area contributed by atoms with Gasteiger partial charge in [0.05, 0.1) is 0 Å². The molecule has 0 N–H and O–H groups in total. The third-order valence-corrected chi connectivity index (χ3v) is 4.48. The second-order valence-corrected chi connectivity index (χ2v) is 9.56. The molecule has 0 spiro atoms. The van der Waals surface area contributed by atoms with E-state index in [0.29, 0.717) is 12.1 Å². The van der Waals surface area contributed by atoms with E-state index in [9.17, 15) is 0 Å². The molecule has 2 atom stereocenters. The van der Waals surface area contributed by atoms with E-state index in [2.05, 4.69) is 67.2 Å². The Morgan fingerprint density at radius 1 is 0.900 bits per heavy atom. The van der Waals surface area contributed by atoms with E-state index in [1.165, 1.54) is 11.3 Å². The summed E-state index contributed by atoms with van der Waals surface area (Å²) in [6.45, 7) is 21.9. The lowest BCUT2D eigenvalue weighted by atomic mass is 9.74. The lowest BCUT2D eigenvalue weighted by Gasteiger charge is -2.43. The van der Waals surface area contributed by atoms with Crippen LogP contribution in [0.3, 0.4) is 0 Å². The molecular weight excluding hydrogens is 246 g/mol. The Labute approximate surface area is 125 Å². The van der Waals surface area contributed by atoms with Gasteiger partial charge in [0.15, 0.2) is 0 Å². The highest BCUT2D eigenvalue weighted by Gasteiger charge is 2.49. The average Bonchev–Trinajstić information content (AvgIpc) is 2.51. The summed E-state index contributed by atoms with van der Waals surface area (Å²) in [6.07, 6.45) is 1.53. The summed E-state index contributed by atoms with van der Waals surface area (Å²) in [4.78, 5) is 2.65. The highest BCUT2D eigenvalue weighted by atomic mass is 16.5. The minimum Gasteiger partial charge on any atom is -0.493 e. The third-order valence-electron chi connectivity index (χ3n) is 4.48. The molecule has 2 nitrogen and oxygen atoms in total. The van der Waals surface area contributed by atoms with Crippen LogP contribution in [-0.2, 0) is 4.74 Å². The van der Waals surface area contributed by atoms with Gasteiger partial charge in [-0.15, -0.1) is 0 Å². The summed E-state index contributed by atoms with van der Waals surface area (Å²) in [6, 6.07) is 0.544. The van der Waals surface area contributed by atoms with E-state index in [-0.39, 0.29) is 16.4 Å². The molecule has 1 fully saturated rings. The van der Waals surface area contributed by atoms with Crippen LogP contribution >= 0.6 is 0 Å². The van der Waals surface area contributed by atoms with Gasteiger partial charge >= 0.3 is 0 Å². The summed E-state index contributed by atoms with van der Waals surface area (Å²) in [5, 5.41) is 0. The number of fused-ring (bicyclic) bond motifs is 2. The number of ether oxygens (including phenoxy) is 1. The van der Waals surface area contributed by atoms with Crippen molar-refractivity contribution in [3.05, 3.63) is 11.3 Å². The quantitative estimate of drug-likeness (QED) is 0.642. The fourth-order valence-electron chi connectivity index (χ4n) is 3.70. The molecule has 2 heteroatoms. The zero-order valence-corrected chi connectivity index (χ0v) is 14.9. The third kappa shape index (κ3) is 2.77. The van der Waals surface area contributed by atoms with Crippen LogP contribution in [0.1, 0.15) is 68.7 Å². The zero-order chi connectivity index (χ0) is 15.5. The van der Waals surface area contributed by atoms with Gasteiger partial charge in [-0.2, -0.15) is 0 Å². The maximum atomic E-state index is 6.44. The fourth-order valence-corrected chi connectivity index (χ4v) is 3.70. The Morgan fingerprint density at radius 3 is 1.85 bits per heavy atom. The number of rotatable bonds is 0. The second kappa shape index (κ2) is 4.50. The molecule has 1 saturated heterocycles. The Hall–Kier alpha value is -0.500. The Kier molecular flexibility index (Phi) is 3.57. The second-order valence-electron chi connectivity index (χ2n) is 9.56. The van der Waals surface area contributed by atoms with Crippen LogP contribution < -0.4 is 0 Å². The number of likely N-dealkylation sites (tertiary alicyclic amines) is 1. The zero-order valence-electron chi connectivity index (χ0n) is 14.9. The summed E-state index contributed by atoms with van der Waals surface area (Å²) in [5.74, 6) is 1.25. The van der Waals surface area contributed by atoms with E-state index >= 15 is 0 Å². The average molecular weight is 279 g/mol. The van der Waals surface area contributed by atoms with Gasteiger partial charge in [-0.3, -0.25) is 4.90 Å². The van der Waals surface area contributed by atoms with Gasteiger partial charge < -0.3 is 4.74 Å². The van der Waals surface area contributed by atoms with Crippen LogP contribution in [0.4, 0.5) is 0 Å². The largest absolute Gasteiger partial charge is 0.493 e. The highest BCUT2D eigenvalue weighted by Crippen LogP contribution is 2.49. The van der Waals surface area contributed by atoms with Gasteiger partial charge in [0.25, 0.3) is 0 Å². The number of hydrogen-bond acceptors (Lipinski definition) is 2. The van der Waals surface area contributed by atoms with Crippen molar-refractivity contribution in [1.82, 2.24) is 4.90 Å². The lowest BCUT2D eigenvalue weighted by Crippen LogP contribution is -2.47. The molecular formula is C18H33NO. The van der Waals surface area contributed by atoms with Crippen molar-refractivity contribution in [2.45, 2.75) is 86.4 Å². The van der Waals surface area contributed by atoms with Gasteiger partial charge in [0.1, 0.15) is 11.9 Å². The van der Waals surface area contributed by atoms with Gasteiger partial charge in [0.2, 0.25) is 0 Å². The van der Waals surface area contributed by atoms with Gasteiger partial charge in [0, 0.05) is 30.0 Å². The molecule has 0 saturated carbocycles. The smallest absolute Gasteiger partial charge is 0.113 e. The van der Waals surface area contributed by atoms with Crippen LogP contribution in [0.25, 0.3) is 0 Å². The monoisotopic (exact) mass is 279 g/mol. The predicted molar refractivity (Wildman–Crippen MR) is 85.7 cm³/mol. The van der Waals surface area contributed by atoms with Crippen molar-refractivity contribution >= 4 is 0 Å². The van der Waals surface area contributed by atoms with E-state index in [1.54, 1.807) is 0 Å². The van der Waals surface area contributed by atoms with Crippen LogP contribution in [0.5, 0.6) is 0 Å². The van der Waals surface area contributed by atoms with E-state index in [0.717, 1.165) is 13.0 Å². The van der Waals surface area contributed by atoms with Crippen LogP contribution in [0, 0.1) is 10.8 Å². The van der Waals surface area contributed by atoms with Crippen LogP contribution in [0.2, 0.25) is 0 Å². The first-order chi connectivity index (χ1) is 8.82. The van der Waals surface area contributed by atoms with Crippen molar-refractivity contribution in [2.24, 2.45) is 10.8 Å². The molecule has 2 bridgehead atoms. The normalized spacial score (nSPS) is 28.9. The summed E-state index contributed by atoms with van der Waals surface area (Å²) in [7, 11) is 0. The van der Waals surface area contributed by atoms with Crippen molar-refractivity contribution in [3.63, 3.8) is 0 Å². The minimum absolute atomic E-state index is 0.0907. The number of nitrogens with zero attached hydrogens (tertiary/aromatic N) is 1. The Bertz CT molecular complexity index is 414. The van der Waals surface area contributed by atoms with E-state index in [1.807, 2.05) is 0 Å². The molecule has 2 heterocycles. The maximum absolute atomic E-state index is 6.44. The predicted octanol–water partition coefficient (Wildman–Crippen LogP) is 4.60. The molecule has 116 valence electrons. The minimum atomic E-state index is 0.0907. The molecule has 2 unspecified atom stereocenters. The molecule has 0 aliphatic carbocycles. The molecule has 20 heavy (non-hydrogen) atoms. The Balaban J connectivity index is 2.54. The SMILES string of the molecule is CC(C)(C)C1=C(C(C)(C)C)C2CC(CN2C(C)(C)C)O1. The summed E-state index contributed by atoms with van der Waals surface area (Å²) in [5.41, 5.74) is 1.97. The molecule has 2 aliphatic rings. The van der Waals surface area contributed by atoms with Gasteiger partial charge in [-0.1, -0.05) is 41.5 Å². The van der Waals surface area contributed by atoms with Gasteiger partial charge in [-0.05, 0) is 31.8 Å². The standard InChI is InChI=1S/C18H33NO/c1-16(2,3)14-13-10-12(11-19(13)18(7,8)9)20-15(14)17(4,5)6/h12-13H,10-11H2,1-9H3. The van der Waals surface area contributed by atoms with Crippen LogP contribution in [0.15, 0.2) is 11.3 Å². The van der Waals surface area contributed by atoms with Crippen molar-refractivity contribution in [3.8, 4) is 0 Å². The van der Waals surface area contributed by atoms with Crippen molar-refractivity contribution in [1.29, 1.82) is 0 Å². The summed E-state index contributed by atoms with van der Waals surface area (Å²) >= 11 is 0. The topological polar surface area (TPSA) is 12.5 Å². The van der Waals surface area contributed by atoms with E-state index < -0.39 is 0 Å². The first-order valence-electron chi connectivity index (χ1n) is 8.00. The molecule has 2 aliphatic heterocycles. The first-order valence-corrected chi connectivity index (χ1v) is 8.00. The number of allylic oxidation sites excluding steroid dienone is 1. The molecule has 0 aromatic heterocycles.